The van der Waals surface area contributed by atoms with E-state index in [0.29, 0.717) is 10.1 Å². The molecule has 0 aromatic carbocycles. The van der Waals surface area contributed by atoms with Gasteiger partial charge in [0.05, 0.1) is 6.04 Å². The van der Waals surface area contributed by atoms with E-state index < -0.39 is 11.2 Å². The molecule has 2 nitrogen and oxygen atoms in total. The van der Waals surface area contributed by atoms with Crippen LogP contribution in [0.2, 0.25) is 0 Å². The van der Waals surface area contributed by atoms with Gasteiger partial charge < -0.3 is 5.32 Å². The maximum atomic E-state index is 12.8. The molecule has 2 heterocycles. The molecule has 1 aromatic heterocycles. The van der Waals surface area contributed by atoms with E-state index in [9.17, 15) is 13.2 Å². The van der Waals surface area contributed by atoms with Gasteiger partial charge >= 0.3 is 6.18 Å². The van der Waals surface area contributed by atoms with Crippen molar-refractivity contribution in [3.63, 3.8) is 0 Å². The predicted octanol–water partition coefficient (Wildman–Crippen LogP) is 4.44. The number of thiazole rings is 1. The fourth-order valence-corrected chi connectivity index (χ4v) is 6.19. The number of rotatable bonds is 5. The molecule has 1 aliphatic heterocycles. The van der Waals surface area contributed by atoms with Crippen LogP contribution < -0.4 is 5.32 Å². The molecular formula is C13H19F3N2S3. The highest BCUT2D eigenvalue weighted by atomic mass is 32.2. The van der Waals surface area contributed by atoms with Crippen LogP contribution in [0.15, 0.2) is 6.20 Å². The summed E-state index contributed by atoms with van der Waals surface area (Å²) in [6.45, 7) is 5.02. The summed E-state index contributed by atoms with van der Waals surface area (Å²) in [4.78, 5) is 4.27. The molecular weight excluding hydrogens is 337 g/mol. The van der Waals surface area contributed by atoms with Crippen LogP contribution in [0.4, 0.5) is 13.2 Å². The SMILES string of the molecule is CCCNC(c1cnc(C(F)(F)F)s1)C1SCCSC1C. The van der Waals surface area contributed by atoms with Crippen LogP contribution in [-0.4, -0.2) is 33.5 Å². The van der Waals surface area contributed by atoms with Gasteiger partial charge in [-0.25, -0.2) is 4.98 Å². The number of nitrogens with one attached hydrogen (secondary N) is 1. The van der Waals surface area contributed by atoms with Gasteiger partial charge in [0.15, 0.2) is 5.01 Å². The summed E-state index contributed by atoms with van der Waals surface area (Å²) in [6, 6.07) is -0.0497. The van der Waals surface area contributed by atoms with Gasteiger partial charge in [-0.3, -0.25) is 0 Å². The van der Waals surface area contributed by atoms with Crippen LogP contribution in [0.3, 0.4) is 0 Å². The maximum absolute atomic E-state index is 12.8. The number of hydrogen-bond acceptors (Lipinski definition) is 5. The second-order valence-corrected chi connectivity index (χ2v) is 8.74. The van der Waals surface area contributed by atoms with Gasteiger partial charge in [-0.2, -0.15) is 36.7 Å². The molecule has 2 rings (SSSR count). The van der Waals surface area contributed by atoms with Gasteiger partial charge in [-0.15, -0.1) is 11.3 Å². The molecule has 0 saturated carbocycles. The zero-order valence-electron chi connectivity index (χ0n) is 11.9. The molecule has 1 saturated heterocycles. The quantitative estimate of drug-likeness (QED) is 0.843. The Morgan fingerprint density at radius 2 is 2.10 bits per heavy atom. The summed E-state index contributed by atoms with van der Waals surface area (Å²) in [5.74, 6) is 2.16. The Hall–Kier alpha value is 0.0800. The Labute approximate surface area is 135 Å². The van der Waals surface area contributed by atoms with Crippen molar-refractivity contribution in [2.24, 2.45) is 0 Å². The Bertz CT molecular complexity index is 450. The lowest BCUT2D eigenvalue weighted by Crippen LogP contribution is -2.37. The van der Waals surface area contributed by atoms with E-state index >= 15 is 0 Å². The zero-order valence-corrected chi connectivity index (χ0v) is 14.4. The van der Waals surface area contributed by atoms with Crippen molar-refractivity contribution in [1.82, 2.24) is 10.3 Å². The lowest BCUT2D eigenvalue weighted by atomic mass is 10.1. The first kappa shape index (κ1) is 17.4. The van der Waals surface area contributed by atoms with Gasteiger partial charge in [0.1, 0.15) is 0 Å². The highest BCUT2D eigenvalue weighted by molar-refractivity contribution is 8.07. The van der Waals surface area contributed by atoms with E-state index in [2.05, 4.69) is 24.1 Å². The molecule has 3 unspecified atom stereocenters. The summed E-state index contributed by atoms with van der Waals surface area (Å²) < 4.78 is 38.3. The molecule has 3 atom stereocenters. The second-order valence-electron chi connectivity index (χ2n) is 4.91. The Morgan fingerprint density at radius 1 is 1.38 bits per heavy atom. The molecule has 0 spiro atoms. The predicted molar refractivity (Wildman–Crippen MR) is 86.3 cm³/mol. The number of nitrogens with zero attached hydrogens (tertiary/aromatic N) is 1. The first-order valence-corrected chi connectivity index (χ1v) is 9.84. The van der Waals surface area contributed by atoms with Gasteiger partial charge in [-0.05, 0) is 13.0 Å². The van der Waals surface area contributed by atoms with Crippen LogP contribution in [-0.2, 0) is 6.18 Å². The summed E-state index contributed by atoms with van der Waals surface area (Å²) >= 11 is 4.52. The fourth-order valence-electron chi connectivity index (χ4n) is 2.26. The Balaban J connectivity index is 2.20. The van der Waals surface area contributed by atoms with Crippen LogP contribution in [0.25, 0.3) is 0 Å². The van der Waals surface area contributed by atoms with E-state index in [1.807, 2.05) is 23.5 Å². The third kappa shape index (κ3) is 4.53. The number of hydrogen-bond donors (Lipinski definition) is 1. The second kappa shape index (κ2) is 7.57. The summed E-state index contributed by atoms with van der Waals surface area (Å²) in [7, 11) is 0. The van der Waals surface area contributed by atoms with Crippen molar-refractivity contribution in [3.05, 3.63) is 16.1 Å². The molecule has 0 bridgehead atoms. The molecule has 21 heavy (non-hydrogen) atoms. The normalized spacial score (nSPS) is 25.0. The molecule has 8 heteroatoms. The first-order chi connectivity index (χ1) is 9.93. The van der Waals surface area contributed by atoms with Crippen LogP contribution >= 0.6 is 34.9 Å². The average molecular weight is 357 g/mol. The minimum Gasteiger partial charge on any atom is -0.308 e. The Morgan fingerprint density at radius 3 is 2.67 bits per heavy atom. The van der Waals surface area contributed by atoms with Gasteiger partial charge in [0.2, 0.25) is 0 Å². The monoisotopic (exact) mass is 356 g/mol. The van der Waals surface area contributed by atoms with Crippen LogP contribution in [0, 0.1) is 0 Å². The van der Waals surface area contributed by atoms with E-state index in [0.717, 1.165) is 35.8 Å². The molecule has 1 N–H and O–H groups in total. The van der Waals surface area contributed by atoms with Crippen molar-refractivity contribution < 1.29 is 13.2 Å². The first-order valence-electron chi connectivity index (χ1n) is 6.93. The number of thioether (sulfide) groups is 2. The van der Waals surface area contributed by atoms with Crippen LogP contribution in [0.5, 0.6) is 0 Å². The molecule has 0 aliphatic carbocycles. The van der Waals surface area contributed by atoms with E-state index in [1.54, 1.807) is 0 Å². The van der Waals surface area contributed by atoms with E-state index in [4.69, 9.17) is 0 Å². The molecule has 1 fully saturated rings. The lowest BCUT2D eigenvalue weighted by Gasteiger charge is -2.34. The fraction of sp³-hybridized carbons (Fsp3) is 0.769. The van der Waals surface area contributed by atoms with Crippen LogP contribution in [0.1, 0.15) is 36.2 Å². The van der Waals surface area contributed by atoms with E-state index in [1.165, 1.54) is 6.20 Å². The van der Waals surface area contributed by atoms with Gasteiger partial charge in [0, 0.05) is 33.1 Å². The zero-order chi connectivity index (χ0) is 15.5. The van der Waals surface area contributed by atoms with Gasteiger partial charge in [-0.1, -0.05) is 13.8 Å². The van der Waals surface area contributed by atoms with Crippen molar-refractivity contribution in [1.29, 1.82) is 0 Å². The standard InChI is InChI=1S/C13H19F3N2S3/c1-3-4-17-10(11-8(2)19-5-6-20-11)9-7-18-12(21-9)13(14,15)16/h7-8,10-11,17H,3-6H2,1-2H3. The smallest absolute Gasteiger partial charge is 0.308 e. The van der Waals surface area contributed by atoms with Crippen molar-refractivity contribution >= 4 is 34.9 Å². The topological polar surface area (TPSA) is 24.9 Å². The molecule has 0 amide bonds. The van der Waals surface area contributed by atoms with E-state index in [-0.39, 0.29) is 11.3 Å². The molecule has 1 aliphatic rings. The third-order valence-electron chi connectivity index (χ3n) is 3.25. The van der Waals surface area contributed by atoms with Gasteiger partial charge in [0.25, 0.3) is 0 Å². The van der Waals surface area contributed by atoms with Crippen molar-refractivity contribution in [2.75, 3.05) is 18.1 Å². The van der Waals surface area contributed by atoms with Crippen molar-refractivity contribution in [3.8, 4) is 0 Å². The minimum absolute atomic E-state index is 0.0497. The largest absolute Gasteiger partial charge is 0.443 e. The number of halogens is 3. The molecule has 1 aromatic rings. The minimum atomic E-state index is -4.35. The number of alkyl halides is 3. The number of aromatic nitrogens is 1. The Kier molecular flexibility index (Phi) is 6.28. The highest BCUT2D eigenvalue weighted by Crippen LogP contribution is 2.42. The average Bonchev–Trinajstić information content (AvgIpc) is 2.91. The lowest BCUT2D eigenvalue weighted by molar-refractivity contribution is -0.137. The summed E-state index contributed by atoms with van der Waals surface area (Å²) in [5, 5.41) is 3.39. The molecule has 120 valence electrons. The summed E-state index contributed by atoms with van der Waals surface area (Å²) in [6.07, 6.45) is -1.99. The van der Waals surface area contributed by atoms with Crippen molar-refractivity contribution in [2.45, 2.75) is 43.0 Å². The third-order valence-corrected chi connectivity index (χ3v) is 7.57. The maximum Gasteiger partial charge on any atom is 0.443 e. The molecule has 0 radical (unpaired) electrons. The summed E-state index contributed by atoms with van der Waals surface area (Å²) in [5.41, 5.74) is 0. The highest BCUT2D eigenvalue weighted by Gasteiger charge is 2.37.